The summed E-state index contributed by atoms with van der Waals surface area (Å²) in [6.45, 7) is 26.7. The standard InChI is InChI=1S/C66H82B2O4Si/c1-13-17-39-65(40-18-14-2)57-43-47(67-69-61(5,6)62(7,8)70-67)31-35-53(57)55-37-33-51(45-59(55)65)73(49-27-23-21-24-28-49,50-29-25-22-26-30-50)52-34-38-56-54-36-32-48(68-71-63(9,10)64(11,12)72-68)44-58(54)66(41-19-15-3,42-20-16-4)60(56)46-52/h21-38,43-46H,13-20,39-42H2,1-12H3. The van der Waals surface area contributed by atoms with E-state index < -0.39 is 44.7 Å². The van der Waals surface area contributed by atoms with Gasteiger partial charge in [0.1, 0.15) is 0 Å². The lowest BCUT2D eigenvalue weighted by Crippen LogP contribution is -2.75. The van der Waals surface area contributed by atoms with Crippen LogP contribution in [0.15, 0.2) is 133 Å². The Kier molecular flexibility index (Phi) is 13.9. The molecular formula is C66H82B2O4Si. The van der Waals surface area contributed by atoms with Crippen LogP contribution in [0.4, 0.5) is 0 Å². The predicted molar refractivity (Wildman–Crippen MR) is 312 cm³/mol. The Balaban J connectivity index is 1.20. The zero-order chi connectivity index (χ0) is 51.6. The Bertz CT molecular complexity index is 2710. The van der Waals surface area contributed by atoms with Crippen LogP contribution in [0.2, 0.25) is 0 Å². The quantitative estimate of drug-likeness (QED) is 0.0635. The SMILES string of the molecule is CCCCC1(CCCC)c2cc(B3OC(C)(C)C(C)(C)O3)ccc2-c2ccc([Si](c3ccccc3)(c3ccccc3)c3ccc4c(c3)C(CCCC)(CCCC)c3cc(B5OC(C)(C)C(C)(C)O5)ccc3-4)cc21. The minimum Gasteiger partial charge on any atom is -0.399 e. The van der Waals surface area contributed by atoms with E-state index >= 15 is 0 Å². The van der Waals surface area contributed by atoms with Crippen LogP contribution in [-0.4, -0.2) is 44.7 Å². The summed E-state index contributed by atoms with van der Waals surface area (Å²) < 4.78 is 27.0. The van der Waals surface area contributed by atoms with Gasteiger partial charge in [0.05, 0.1) is 22.4 Å². The topological polar surface area (TPSA) is 36.9 Å². The Morgan fingerprint density at radius 1 is 0.342 bits per heavy atom. The van der Waals surface area contributed by atoms with Crippen LogP contribution < -0.4 is 31.7 Å². The highest BCUT2D eigenvalue weighted by molar-refractivity contribution is 7.20. The highest BCUT2D eigenvalue weighted by Crippen LogP contribution is 2.56. The first-order valence-electron chi connectivity index (χ1n) is 28.4. The van der Waals surface area contributed by atoms with E-state index in [0.717, 1.165) is 88.0 Å². The van der Waals surface area contributed by atoms with Gasteiger partial charge in [-0.2, -0.15) is 0 Å². The van der Waals surface area contributed by atoms with Gasteiger partial charge in [0.15, 0.2) is 8.07 Å². The van der Waals surface area contributed by atoms with Gasteiger partial charge < -0.3 is 18.6 Å². The second-order valence-corrected chi connectivity index (χ2v) is 28.2. The fraction of sp³-hybridized carbons (Fsp3) is 0.455. The number of benzene rings is 6. The molecule has 2 saturated heterocycles. The molecule has 0 atom stereocenters. The van der Waals surface area contributed by atoms with Crippen LogP contribution in [0, 0.1) is 0 Å². The molecule has 7 heteroatoms. The van der Waals surface area contributed by atoms with Gasteiger partial charge in [0, 0.05) is 10.8 Å². The van der Waals surface area contributed by atoms with Crippen molar-refractivity contribution in [3.05, 3.63) is 156 Å². The van der Waals surface area contributed by atoms with Crippen LogP contribution in [-0.2, 0) is 29.4 Å². The number of hydrogen-bond acceptors (Lipinski definition) is 4. The maximum atomic E-state index is 6.75. The molecule has 0 spiro atoms. The molecule has 6 aromatic rings. The average Bonchev–Trinajstić information content (AvgIpc) is 3.98. The Hall–Kier alpha value is -4.49. The van der Waals surface area contributed by atoms with Gasteiger partial charge in [-0.25, -0.2) is 0 Å². The van der Waals surface area contributed by atoms with Crippen molar-refractivity contribution in [2.24, 2.45) is 0 Å². The fourth-order valence-electron chi connectivity index (χ4n) is 13.4. The number of rotatable bonds is 18. The van der Waals surface area contributed by atoms with E-state index in [9.17, 15) is 0 Å². The van der Waals surface area contributed by atoms with Crippen LogP contribution in [0.25, 0.3) is 22.3 Å². The van der Waals surface area contributed by atoms with Gasteiger partial charge in [0.25, 0.3) is 0 Å². The molecule has 2 aliphatic carbocycles. The van der Waals surface area contributed by atoms with Gasteiger partial charge in [-0.15, -0.1) is 0 Å². The lowest BCUT2D eigenvalue weighted by atomic mass is 9.68. The number of unbranched alkanes of at least 4 members (excludes halogenated alkanes) is 4. The van der Waals surface area contributed by atoms with Crippen LogP contribution in [0.3, 0.4) is 0 Å². The molecule has 10 rings (SSSR count). The summed E-state index contributed by atoms with van der Waals surface area (Å²) in [6, 6.07) is 53.3. The van der Waals surface area contributed by atoms with Crippen molar-refractivity contribution in [3.8, 4) is 22.3 Å². The molecule has 0 N–H and O–H groups in total. The maximum Gasteiger partial charge on any atom is 0.494 e. The lowest BCUT2D eigenvalue weighted by Gasteiger charge is -2.38. The zero-order valence-electron chi connectivity index (χ0n) is 46.5. The zero-order valence-corrected chi connectivity index (χ0v) is 47.5. The van der Waals surface area contributed by atoms with Gasteiger partial charge in [-0.3, -0.25) is 0 Å². The molecule has 2 heterocycles. The smallest absolute Gasteiger partial charge is 0.399 e. The summed E-state index contributed by atoms with van der Waals surface area (Å²) in [5, 5.41) is 5.73. The molecule has 0 radical (unpaired) electrons. The Labute approximate surface area is 441 Å². The third-order valence-electron chi connectivity index (χ3n) is 18.9. The molecule has 0 aromatic heterocycles. The molecule has 380 valence electrons. The molecule has 4 aliphatic rings. The molecular weight excluding hydrogens is 906 g/mol. The first-order chi connectivity index (χ1) is 34.9. The summed E-state index contributed by atoms with van der Waals surface area (Å²) in [5.74, 6) is 0. The monoisotopic (exact) mass is 989 g/mol. The summed E-state index contributed by atoms with van der Waals surface area (Å²) >= 11 is 0. The van der Waals surface area contributed by atoms with E-state index in [1.807, 2.05) is 0 Å². The highest BCUT2D eigenvalue weighted by atomic mass is 28.3. The molecule has 73 heavy (non-hydrogen) atoms. The van der Waals surface area contributed by atoms with Crippen molar-refractivity contribution in [1.82, 2.24) is 0 Å². The molecule has 0 saturated carbocycles. The Morgan fingerprint density at radius 3 is 0.932 bits per heavy atom. The van der Waals surface area contributed by atoms with Gasteiger partial charge in [-0.1, -0.05) is 213 Å². The van der Waals surface area contributed by atoms with Gasteiger partial charge >= 0.3 is 14.2 Å². The molecule has 6 aromatic carbocycles. The van der Waals surface area contributed by atoms with Gasteiger partial charge in [0.2, 0.25) is 0 Å². The second-order valence-electron chi connectivity index (χ2n) is 24.4. The van der Waals surface area contributed by atoms with Crippen LogP contribution in [0.1, 0.15) is 182 Å². The van der Waals surface area contributed by atoms with E-state index in [1.165, 1.54) is 65.3 Å². The lowest BCUT2D eigenvalue weighted by molar-refractivity contribution is 0.00578. The number of fused-ring (bicyclic) bond motifs is 6. The molecule has 2 aliphatic heterocycles. The summed E-state index contributed by atoms with van der Waals surface area (Å²) in [7, 11) is -3.88. The largest absolute Gasteiger partial charge is 0.494 e. The first kappa shape index (κ1) is 52.0. The molecule has 0 unspecified atom stereocenters. The third kappa shape index (κ3) is 8.42. The first-order valence-corrected chi connectivity index (χ1v) is 30.4. The molecule has 2 fully saturated rings. The van der Waals surface area contributed by atoms with Gasteiger partial charge in [-0.05, 0) is 157 Å². The van der Waals surface area contributed by atoms with Crippen molar-refractivity contribution in [2.75, 3.05) is 0 Å². The van der Waals surface area contributed by atoms with E-state index in [2.05, 4.69) is 217 Å². The van der Waals surface area contributed by atoms with Crippen molar-refractivity contribution >= 4 is 54.0 Å². The second kappa shape index (κ2) is 19.6. The Morgan fingerprint density at radius 2 is 0.630 bits per heavy atom. The van der Waals surface area contributed by atoms with E-state index in [4.69, 9.17) is 18.6 Å². The summed E-state index contributed by atoms with van der Waals surface area (Å²) in [4.78, 5) is 0. The minimum atomic E-state index is -3.05. The molecule has 4 nitrogen and oxygen atoms in total. The fourth-order valence-corrected chi connectivity index (χ4v) is 18.1. The van der Waals surface area contributed by atoms with Crippen LogP contribution in [0.5, 0.6) is 0 Å². The van der Waals surface area contributed by atoms with E-state index in [-0.39, 0.29) is 10.8 Å². The highest BCUT2D eigenvalue weighted by Gasteiger charge is 2.55. The number of hydrogen-bond donors (Lipinski definition) is 0. The molecule has 0 amide bonds. The maximum absolute atomic E-state index is 6.75. The normalized spacial score (nSPS) is 19.2. The van der Waals surface area contributed by atoms with Crippen molar-refractivity contribution in [1.29, 1.82) is 0 Å². The predicted octanol–water partition coefficient (Wildman–Crippen LogP) is 13.0. The van der Waals surface area contributed by atoms with Crippen molar-refractivity contribution in [2.45, 2.75) is 193 Å². The van der Waals surface area contributed by atoms with Crippen molar-refractivity contribution in [3.63, 3.8) is 0 Å². The average molecular weight is 989 g/mol. The third-order valence-corrected chi connectivity index (χ3v) is 23.7. The molecule has 0 bridgehead atoms. The van der Waals surface area contributed by atoms with E-state index in [0.29, 0.717) is 0 Å². The van der Waals surface area contributed by atoms with E-state index in [1.54, 1.807) is 0 Å². The minimum absolute atomic E-state index is 0.149. The van der Waals surface area contributed by atoms with Crippen LogP contribution >= 0.6 is 0 Å². The van der Waals surface area contributed by atoms with Crippen molar-refractivity contribution < 1.29 is 18.6 Å². The summed E-state index contributed by atoms with van der Waals surface area (Å²) in [5.41, 5.74) is 11.7. The summed E-state index contributed by atoms with van der Waals surface area (Å²) in [6.07, 6.45) is 13.6.